The summed E-state index contributed by atoms with van der Waals surface area (Å²) in [5, 5.41) is 3.26. The van der Waals surface area contributed by atoms with Crippen molar-refractivity contribution in [1.82, 2.24) is 5.32 Å². The van der Waals surface area contributed by atoms with Crippen molar-refractivity contribution < 1.29 is 18.7 Å². The molecule has 1 aromatic heterocycles. The Morgan fingerprint density at radius 1 is 1.61 bits per heavy atom. The number of ether oxygens (including phenoxy) is 1. The Morgan fingerprint density at radius 2 is 2.44 bits per heavy atom. The lowest BCUT2D eigenvalue weighted by atomic mass is 9.86. The van der Waals surface area contributed by atoms with Gasteiger partial charge in [-0.2, -0.15) is 0 Å². The second kappa shape index (κ2) is 2.85. The average molecular weight is 245 g/mol. The summed E-state index contributed by atoms with van der Waals surface area (Å²) in [6.45, 7) is 0.886. The molecule has 1 aliphatic heterocycles. The van der Waals surface area contributed by atoms with Crippen molar-refractivity contribution in [2.45, 2.75) is 11.8 Å². The van der Waals surface area contributed by atoms with Crippen LogP contribution in [0.4, 0.5) is 0 Å². The summed E-state index contributed by atoms with van der Waals surface area (Å²) in [5.41, 5.74) is 1.72. The lowest BCUT2D eigenvalue weighted by Crippen LogP contribution is -2.23. The maximum Gasteiger partial charge on any atom is 0.373 e. The van der Waals surface area contributed by atoms with Gasteiger partial charge in [0, 0.05) is 29.3 Å². The lowest BCUT2D eigenvalue weighted by Gasteiger charge is -2.19. The lowest BCUT2D eigenvalue weighted by molar-refractivity contribution is 0.0563. The number of allylic oxidation sites excluding steroid dienone is 2. The van der Waals surface area contributed by atoms with E-state index in [-0.39, 0.29) is 17.0 Å². The molecule has 2 unspecified atom stereocenters. The van der Waals surface area contributed by atoms with E-state index in [9.17, 15) is 9.59 Å². The Balaban J connectivity index is 1.90. The van der Waals surface area contributed by atoms with Crippen molar-refractivity contribution >= 4 is 11.8 Å². The second-order valence-corrected chi connectivity index (χ2v) is 5.02. The zero-order chi connectivity index (χ0) is 12.5. The Bertz CT molecular complexity index is 627. The quantitative estimate of drug-likeness (QED) is 0.748. The monoisotopic (exact) mass is 245 g/mol. The van der Waals surface area contributed by atoms with E-state index in [0.29, 0.717) is 11.7 Å². The van der Waals surface area contributed by atoms with Gasteiger partial charge in [0.2, 0.25) is 11.5 Å². The van der Waals surface area contributed by atoms with Crippen molar-refractivity contribution in [3.05, 3.63) is 34.9 Å². The number of nitrogens with one attached hydrogen (secondary N) is 1. The summed E-state index contributed by atoms with van der Waals surface area (Å²) in [6, 6.07) is 1.67. The second-order valence-electron chi connectivity index (χ2n) is 5.02. The highest BCUT2D eigenvalue weighted by molar-refractivity contribution is 6.07. The summed E-state index contributed by atoms with van der Waals surface area (Å²) in [5.74, 6) is 0.195. The van der Waals surface area contributed by atoms with E-state index in [0.717, 1.165) is 24.2 Å². The van der Waals surface area contributed by atoms with Crippen molar-refractivity contribution in [2.24, 2.45) is 5.92 Å². The van der Waals surface area contributed by atoms with Crippen LogP contribution < -0.4 is 5.32 Å². The maximum atomic E-state index is 12.0. The van der Waals surface area contributed by atoms with Gasteiger partial charge < -0.3 is 14.5 Å². The number of carbonyl (C=O) groups excluding carboxylic acids is 2. The molecule has 2 fully saturated rings. The predicted molar refractivity (Wildman–Crippen MR) is 60.2 cm³/mol. The van der Waals surface area contributed by atoms with Crippen molar-refractivity contribution in [3.8, 4) is 0 Å². The summed E-state index contributed by atoms with van der Waals surface area (Å²) >= 11 is 0. The third kappa shape index (κ3) is 0.939. The third-order valence-electron chi connectivity index (χ3n) is 4.22. The first-order valence-electron chi connectivity index (χ1n) is 5.90. The fraction of sp³-hybridized carbons (Fsp3) is 0.385. The van der Waals surface area contributed by atoms with Crippen LogP contribution in [-0.2, 0) is 10.2 Å². The Labute approximate surface area is 103 Å². The fourth-order valence-electron chi connectivity index (χ4n) is 3.25. The number of fused-ring (bicyclic) bond motifs is 1. The Hall–Kier alpha value is -2.04. The Kier molecular flexibility index (Phi) is 1.58. The smallest absolute Gasteiger partial charge is 0.373 e. The van der Waals surface area contributed by atoms with Gasteiger partial charge in [-0.25, -0.2) is 4.79 Å². The molecule has 92 valence electrons. The minimum Gasteiger partial charge on any atom is -0.463 e. The minimum atomic E-state index is -0.543. The normalized spacial score (nSPS) is 30.8. The van der Waals surface area contributed by atoms with Crippen LogP contribution in [0.1, 0.15) is 33.1 Å². The van der Waals surface area contributed by atoms with Crippen molar-refractivity contribution in [1.29, 1.82) is 0 Å². The van der Waals surface area contributed by atoms with E-state index in [1.807, 2.05) is 0 Å². The van der Waals surface area contributed by atoms with Gasteiger partial charge in [-0.1, -0.05) is 0 Å². The number of hydrogen-bond acceptors (Lipinski definition) is 5. The molecule has 2 atom stereocenters. The van der Waals surface area contributed by atoms with Crippen LogP contribution in [-0.4, -0.2) is 25.4 Å². The van der Waals surface area contributed by atoms with Crippen LogP contribution in [0.2, 0.25) is 0 Å². The summed E-state index contributed by atoms with van der Waals surface area (Å²) < 4.78 is 10.0. The number of piperidine rings is 1. The van der Waals surface area contributed by atoms with E-state index in [2.05, 4.69) is 10.1 Å². The molecular formula is C13H11NO4. The molecule has 0 bridgehead atoms. The van der Waals surface area contributed by atoms with Gasteiger partial charge in [0.1, 0.15) is 0 Å². The zero-order valence-corrected chi connectivity index (χ0v) is 9.78. The van der Waals surface area contributed by atoms with Crippen molar-refractivity contribution in [3.63, 3.8) is 0 Å². The van der Waals surface area contributed by atoms with E-state index < -0.39 is 5.97 Å². The molecule has 1 N–H and O–H groups in total. The molecular weight excluding hydrogens is 234 g/mol. The predicted octanol–water partition coefficient (Wildman–Crippen LogP) is 1.01. The van der Waals surface area contributed by atoms with E-state index in [4.69, 9.17) is 4.42 Å². The maximum absolute atomic E-state index is 12.0. The molecule has 18 heavy (non-hydrogen) atoms. The topological polar surface area (TPSA) is 68.5 Å². The molecule has 2 aliphatic carbocycles. The van der Waals surface area contributed by atoms with E-state index >= 15 is 0 Å². The third-order valence-corrected chi connectivity index (χ3v) is 4.22. The van der Waals surface area contributed by atoms with Gasteiger partial charge >= 0.3 is 5.97 Å². The van der Waals surface area contributed by atoms with Gasteiger partial charge in [-0.3, -0.25) is 4.79 Å². The number of rotatable bonds is 1. The molecule has 5 heteroatoms. The highest BCUT2D eigenvalue weighted by atomic mass is 16.5. The summed E-state index contributed by atoms with van der Waals surface area (Å²) in [6.07, 6.45) is 2.62. The molecule has 0 aromatic carbocycles. The molecule has 1 saturated heterocycles. The number of hydrogen-bond donors (Lipinski definition) is 1. The van der Waals surface area contributed by atoms with E-state index in [1.54, 1.807) is 12.1 Å². The molecule has 5 nitrogen and oxygen atoms in total. The van der Waals surface area contributed by atoms with Crippen LogP contribution in [0.5, 0.6) is 0 Å². The van der Waals surface area contributed by atoms with Crippen LogP contribution in [0.25, 0.3) is 0 Å². The summed E-state index contributed by atoms with van der Waals surface area (Å²) in [4.78, 5) is 23.4. The number of furan rings is 1. The molecule has 1 saturated carbocycles. The first-order chi connectivity index (χ1) is 8.66. The van der Waals surface area contributed by atoms with Gasteiger partial charge in [-0.15, -0.1) is 0 Å². The van der Waals surface area contributed by atoms with Gasteiger partial charge in [0.25, 0.3) is 0 Å². The van der Waals surface area contributed by atoms with Crippen LogP contribution >= 0.6 is 0 Å². The van der Waals surface area contributed by atoms with Crippen LogP contribution in [0.3, 0.4) is 0 Å². The van der Waals surface area contributed by atoms with Crippen molar-refractivity contribution in [2.75, 3.05) is 13.7 Å². The number of ketones is 1. The number of carbonyl (C=O) groups is 2. The molecule has 2 heterocycles. The molecule has 0 radical (unpaired) electrons. The highest BCUT2D eigenvalue weighted by Gasteiger charge is 2.65. The minimum absolute atomic E-state index is 0.0982. The first-order valence-corrected chi connectivity index (χ1v) is 5.90. The molecule has 1 spiro atoms. The molecule has 3 aliphatic rings. The standard InChI is InChI=1S/C13H11NO4/c1-17-12(16)9-2-7-11(18-9)8(15)3-10-13(7)4-6(13)5-14-10/h2-3,6,14H,4-5H2,1H3. The van der Waals surface area contributed by atoms with Gasteiger partial charge in [0.05, 0.1) is 7.11 Å². The number of methoxy groups -OCH3 is 1. The first kappa shape index (κ1) is 9.94. The largest absolute Gasteiger partial charge is 0.463 e. The highest BCUT2D eigenvalue weighted by Crippen LogP contribution is 2.63. The SMILES string of the molecule is COC(=O)c1cc2c(o1)C(=O)C=C1NCC3CC123. The van der Waals surface area contributed by atoms with Crippen LogP contribution in [0.15, 0.2) is 22.3 Å². The number of esters is 1. The summed E-state index contributed by atoms with van der Waals surface area (Å²) in [7, 11) is 1.30. The molecule has 1 aromatic rings. The van der Waals surface area contributed by atoms with E-state index in [1.165, 1.54) is 7.11 Å². The Morgan fingerprint density at radius 3 is 3.17 bits per heavy atom. The zero-order valence-electron chi connectivity index (χ0n) is 9.78. The van der Waals surface area contributed by atoms with Gasteiger partial charge in [0.15, 0.2) is 5.76 Å². The van der Waals surface area contributed by atoms with Crippen LogP contribution in [0, 0.1) is 5.92 Å². The van der Waals surface area contributed by atoms with Gasteiger partial charge in [-0.05, 0) is 18.4 Å². The molecule has 0 amide bonds. The molecule has 4 rings (SSSR count). The fourth-order valence-corrected chi connectivity index (χ4v) is 3.25. The average Bonchev–Trinajstić information content (AvgIpc) is 2.75.